The highest BCUT2D eigenvalue weighted by Gasteiger charge is 2.27. The van der Waals surface area contributed by atoms with E-state index in [2.05, 4.69) is 6.92 Å². The summed E-state index contributed by atoms with van der Waals surface area (Å²) in [4.78, 5) is 15.0. The fourth-order valence-corrected chi connectivity index (χ4v) is 6.04. The second kappa shape index (κ2) is 10.2. The van der Waals surface area contributed by atoms with Crippen molar-refractivity contribution in [3.05, 3.63) is 94.5 Å². The van der Waals surface area contributed by atoms with Crippen LogP contribution in [0, 0.1) is 12.8 Å². The normalized spacial score (nSPS) is 16.3. The van der Waals surface area contributed by atoms with Crippen LogP contribution < -0.4 is 4.31 Å². The number of hydrogen-bond donors (Lipinski definition) is 0. The van der Waals surface area contributed by atoms with Gasteiger partial charge in [0.2, 0.25) is 0 Å². The molecule has 1 aliphatic heterocycles. The van der Waals surface area contributed by atoms with Gasteiger partial charge in [-0.2, -0.15) is 0 Å². The Morgan fingerprint density at radius 1 is 1.06 bits per heavy atom. The second-order valence-corrected chi connectivity index (χ2v) is 11.2. The van der Waals surface area contributed by atoms with Crippen LogP contribution in [0.25, 0.3) is 0 Å². The van der Waals surface area contributed by atoms with E-state index in [0.29, 0.717) is 22.2 Å². The minimum atomic E-state index is -3.84. The molecule has 5 nitrogen and oxygen atoms in total. The van der Waals surface area contributed by atoms with E-state index < -0.39 is 10.0 Å². The predicted molar refractivity (Wildman–Crippen MR) is 137 cm³/mol. The Balaban J connectivity index is 1.64. The van der Waals surface area contributed by atoms with Gasteiger partial charge >= 0.3 is 0 Å². The van der Waals surface area contributed by atoms with E-state index >= 15 is 0 Å². The molecule has 0 saturated carbocycles. The second-order valence-electron chi connectivity index (χ2n) is 8.95. The topological polar surface area (TPSA) is 57.7 Å². The van der Waals surface area contributed by atoms with Gasteiger partial charge in [0, 0.05) is 23.7 Å². The third-order valence-corrected chi connectivity index (χ3v) is 8.25. The molecule has 0 aliphatic carbocycles. The number of carbonyl (C=O) groups is 1. The number of sulfonamides is 1. The van der Waals surface area contributed by atoms with Crippen LogP contribution in [0.1, 0.15) is 41.3 Å². The highest BCUT2D eigenvalue weighted by molar-refractivity contribution is 7.92. The summed E-state index contributed by atoms with van der Waals surface area (Å²) in [7, 11) is -3.84. The fraction of sp³-hybridized carbons (Fsp3) is 0.296. The zero-order chi connectivity index (χ0) is 24.3. The number of piperidine rings is 1. The summed E-state index contributed by atoms with van der Waals surface area (Å²) in [6.45, 7) is 5.70. The predicted octanol–water partition coefficient (Wildman–Crippen LogP) is 5.92. The summed E-state index contributed by atoms with van der Waals surface area (Å²) >= 11 is 6.24. The van der Waals surface area contributed by atoms with Gasteiger partial charge in [-0.1, -0.05) is 54.9 Å². The summed E-state index contributed by atoms with van der Waals surface area (Å²) in [6.07, 6.45) is 2.17. The van der Waals surface area contributed by atoms with E-state index in [1.54, 1.807) is 54.6 Å². The van der Waals surface area contributed by atoms with Crippen LogP contribution in [0.4, 0.5) is 5.69 Å². The fourth-order valence-electron chi connectivity index (χ4n) is 4.35. The van der Waals surface area contributed by atoms with Crippen molar-refractivity contribution in [1.29, 1.82) is 0 Å². The Hall–Kier alpha value is -2.83. The maximum Gasteiger partial charge on any atom is 0.264 e. The summed E-state index contributed by atoms with van der Waals surface area (Å²) in [5.41, 5.74) is 2.73. The lowest BCUT2D eigenvalue weighted by molar-refractivity contribution is 0.0683. The summed E-state index contributed by atoms with van der Waals surface area (Å²) in [5, 5.41) is 0.463. The largest absolute Gasteiger partial charge is 0.338 e. The summed E-state index contributed by atoms with van der Waals surface area (Å²) < 4.78 is 28.7. The Kier molecular flexibility index (Phi) is 7.29. The number of halogens is 1. The van der Waals surface area contributed by atoms with E-state index in [9.17, 15) is 13.2 Å². The lowest BCUT2D eigenvalue weighted by atomic mass is 9.99. The highest BCUT2D eigenvalue weighted by atomic mass is 35.5. The molecule has 0 spiro atoms. The molecular weight excluding hydrogens is 468 g/mol. The molecule has 0 radical (unpaired) electrons. The van der Waals surface area contributed by atoms with E-state index in [-0.39, 0.29) is 17.3 Å². The van der Waals surface area contributed by atoms with Crippen LogP contribution in [0.3, 0.4) is 0 Å². The molecule has 1 fully saturated rings. The number of rotatable bonds is 6. The van der Waals surface area contributed by atoms with E-state index in [1.807, 2.05) is 30.0 Å². The minimum absolute atomic E-state index is 0.0255. The first-order chi connectivity index (χ1) is 16.3. The maximum absolute atomic E-state index is 13.6. The van der Waals surface area contributed by atoms with E-state index in [0.717, 1.165) is 37.1 Å². The first kappa shape index (κ1) is 24.3. The third kappa shape index (κ3) is 5.29. The average molecular weight is 497 g/mol. The average Bonchev–Trinajstić information content (AvgIpc) is 2.84. The van der Waals surface area contributed by atoms with Gasteiger partial charge in [0.15, 0.2) is 0 Å². The van der Waals surface area contributed by atoms with Crippen molar-refractivity contribution in [2.75, 3.05) is 17.4 Å². The van der Waals surface area contributed by atoms with Gasteiger partial charge in [0.1, 0.15) is 0 Å². The SMILES string of the molecule is Cc1ccc(Cl)cc1N(Cc1ccc(C(=O)N2CCC[C@@H](C)C2)cc1)S(=O)(=O)c1ccccc1. The molecule has 0 aromatic heterocycles. The lowest BCUT2D eigenvalue weighted by Crippen LogP contribution is -2.39. The molecule has 7 heteroatoms. The van der Waals surface area contributed by atoms with Gasteiger partial charge in [-0.05, 0) is 73.2 Å². The molecule has 3 aromatic rings. The Morgan fingerprint density at radius 2 is 1.76 bits per heavy atom. The number of benzene rings is 3. The van der Waals surface area contributed by atoms with Crippen molar-refractivity contribution in [3.63, 3.8) is 0 Å². The molecular formula is C27H29ClN2O3S. The minimum Gasteiger partial charge on any atom is -0.338 e. The molecule has 1 saturated heterocycles. The Labute approximate surface area is 207 Å². The molecule has 4 rings (SSSR count). The lowest BCUT2D eigenvalue weighted by Gasteiger charge is -2.31. The zero-order valence-corrected chi connectivity index (χ0v) is 21.0. The molecule has 0 unspecified atom stereocenters. The number of hydrogen-bond acceptors (Lipinski definition) is 3. The first-order valence-corrected chi connectivity index (χ1v) is 13.3. The monoisotopic (exact) mass is 496 g/mol. The van der Waals surface area contributed by atoms with E-state index in [4.69, 9.17) is 11.6 Å². The molecule has 178 valence electrons. The number of amides is 1. The van der Waals surface area contributed by atoms with Crippen molar-refractivity contribution in [2.24, 2.45) is 5.92 Å². The quantitative estimate of drug-likeness (QED) is 0.426. The van der Waals surface area contributed by atoms with Gasteiger partial charge in [-0.25, -0.2) is 8.42 Å². The summed E-state index contributed by atoms with van der Waals surface area (Å²) in [6, 6.07) is 20.8. The molecule has 0 bridgehead atoms. The Bertz CT molecular complexity index is 1260. The molecule has 1 amide bonds. The molecule has 1 heterocycles. The number of nitrogens with zero attached hydrogens (tertiary/aromatic N) is 2. The van der Waals surface area contributed by atoms with Gasteiger partial charge in [0.25, 0.3) is 15.9 Å². The number of anilines is 1. The maximum atomic E-state index is 13.6. The van der Waals surface area contributed by atoms with Crippen LogP contribution in [0.15, 0.2) is 77.7 Å². The van der Waals surface area contributed by atoms with Crippen molar-refractivity contribution in [2.45, 2.75) is 38.1 Å². The van der Waals surface area contributed by atoms with E-state index in [1.165, 1.54) is 4.31 Å². The molecule has 3 aromatic carbocycles. The van der Waals surface area contributed by atoms with Gasteiger partial charge in [-0.15, -0.1) is 0 Å². The first-order valence-electron chi connectivity index (χ1n) is 11.5. The van der Waals surface area contributed by atoms with Crippen LogP contribution in [-0.4, -0.2) is 32.3 Å². The van der Waals surface area contributed by atoms with Crippen molar-refractivity contribution in [3.8, 4) is 0 Å². The van der Waals surface area contributed by atoms with Gasteiger partial charge < -0.3 is 4.90 Å². The van der Waals surface area contributed by atoms with Crippen molar-refractivity contribution in [1.82, 2.24) is 4.90 Å². The van der Waals surface area contributed by atoms with Crippen LogP contribution in [0.2, 0.25) is 5.02 Å². The van der Waals surface area contributed by atoms with Gasteiger partial charge in [-0.3, -0.25) is 9.10 Å². The molecule has 1 atom stereocenters. The zero-order valence-electron chi connectivity index (χ0n) is 19.4. The molecule has 0 N–H and O–H groups in total. The van der Waals surface area contributed by atoms with Crippen LogP contribution in [-0.2, 0) is 16.6 Å². The Morgan fingerprint density at radius 3 is 2.44 bits per heavy atom. The van der Waals surface area contributed by atoms with Crippen LogP contribution >= 0.6 is 11.6 Å². The van der Waals surface area contributed by atoms with Crippen molar-refractivity contribution >= 4 is 33.2 Å². The van der Waals surface area contributed by atoms with Crippen molar-refractivity contribution < 1.29 is 13.2 Å². The smallest absolute Gasteiger partial charge is 0.264 e. The standard InChI is InChI=1S/C27H29ClN2O3S/c1-20-7-6-16-29(18-20)27(31)23-13-11-22(12-14-23)19-30(26-17-24(28)15-10-21(26)2)34(32,33)25-8-4-3-5-9-25/h3-5,8-15,17,20H,6-7,16,18-19H2,1-2H3/t20-/m1/s1. The van der Waals surface area contributed by atoms with Crippen LogP contribution in [0.5, 0.6) is 0 Å². The number of carbonyl (C=O) groups excluding carboxylic acids is 1. The number of likely N-dealkylation sites (tertiary alicyclic amines) is 1. The number of aryl methyl sites for hydroxylation is 1. The third-order valence-electron chi connectivity index (χ3n) is 6.24. The molecule has 34 heavy (non-hydrogen) atoms. The molecule has 1 aliphatic rings. The summed E-state index contributed by atoms with van der Waals surface area (Å²) in [5.74, 6) is 0.534. The highest BCUT2D eigenvalue weighted by Crippen LogP contribution is 2.31. The van der Waals surface area contributed by atoms with Gasteiger partial charge in [0.05, 0.1) is 17.1 Å².